The third-order valence-electron chi connectivity index (χ3n) is 11.8. The Kier molecular flexibility index (Phi) is 8.47. The summed E-state index contributed by atoms with van der Waals surface area (Å²) in [6, 6.07) is 2.32. The van der Waals surface area contributed by atoms with Crippen molar-refractivity contribution in [2.24, 2.45) is 5.41 Å². The second-order valence-electron chi connectivity index (χ2n) is 15.0. The maximum atomic E-state index is 15.3. The number of alkyl carbamates (subject to hydrolysis) is 1. The smallest absolute Gasteiger partial charge is 0.408 e. The van der Waals surface area contributed by atoms with Gasteiger partial charge < -0.3 is 29.3 Å². The van der Waals surface area contributed by atoms with Crippen LogP contribution in [0.15, 0.2) is 29.1 Å². The molecule has 2 N–H and O–H groups in total. The summed E-state index contributed by atoms with van der Waals surface area (Å²) < 4.78 is 27.9. The number of halogens is 1. The average Bonchev–Trinajstić information content (AvgIpc) is 3.67. The molecule has 0 spiro atoms. The van der Waals surface area contributed by atoms with Crippen molar-refractivity contribution in [1.82, 2.24) is 19.9 Å². The van der Waals surface area contributed by atoms with E-state index in [0.29, 0.717) is 69.7 Å². The summed E-state index contributed by atoms with van der Waals surface area (Å²) in [7, 11) is 0. The van der Waals surface area contributed by atoms with E-state index < -0.39 is 64.4 Å². The van der Waals surface area contributed by atoms with E-state index in [2.05, 4.69) is 5.32 Å². The third kappa shape index (κ3) is 5.50. The van der Waals surface area contributed by atoms with Gasteiger partial charge in [0.2, 0.25) is 0 Å². The minimum absolute atomic E-state index is 0.0122. The predicted octanol–water partition coefficient (Wildman–Crippen LogP) is 4.35. The number of rotatable bonds is 5. The number of benzene rings is 1. The van der Waals surface area contributed by atoms with Crippen molar-refractivity contribution >= 4 is 40.7 Å². The number of esters is 1. The van der Waals surface area contributed by atoms with E-state index in [-0.39, 0.29) is 56.4 Å². The molecule has 0 radical (unpaired) electrons. The number of aromatic nitrogens is 2. The quantitative estimate of drug-likeness (QED) is 0.168. The summed E-state index contributed by atoms with van der Waals surface area (Å²) in [6.45, 7) is 4.82. The number of nitrogens with one attached hydrogen (secondary N) is 1. The SMILES string of the molecule is CC[C@@]1(O)C(=O)OCc2c1cc1n(c2=O)Cc2c-1nc1cc(F)c(C)c3c1c2[C@@H](NC(=O)O[C@H]1/C=C/CC[C@@](C)(C(=O)ON2C(=O)CCC2=O)CC1)CC3. The molecular weight excluding hydrogens is 703 g/mol. The molecule has 1 fully saturated rings. The Labute approximate surface area is 308 Å². The first-order valence-electron chi connectivity index (χ1n) is 18.3. The van der Waals surface area contributed by atoms with Gasteiger partial charge in [-0.1, -0.05) is 13.0 Å². The number of nitrogens with zero attached hydrogens (tertiary/aromatic N) is 3. The van der Waals surface area contributed by atoms with E-state index in [1.807, 2.05) is 6.08 Å². The second kappa shape index (κ2) is 12.9. The van der Waals surface area contributed by atoms with Crippen LogP contribution in [0.2, 0.25) is 0 Å². The summed E-state index contributed by atoms with van der Waals surface area (Å²) >= 11 is 0. The van der Waals surface area contributed by atoms with E-state index in [0.717, 1.165) is 5.56 Å². The fourth-order valence-electron chi connectivity index (χ4n) is 8.50. The van der Waals surface area contributed by atoms with Crippen molar-refractivity contribution in [2.45, 2.75) is 109 Å². The molecule has 4 atom stereocenters. The number of aliphatic hydroxyl groups is 1. The van der Waals surface area contributed by atoms with Gasteiger partial charge in [0.1, 0.15) is 18.5 Å². The molecule has 3 aliphatic heterocycles. The molecule has 2 aliphatic carbocycles. The molecular formula is C39H39FN4O10. The first kappa shape index (κ1) is 35.6. The zero-order valence-corrected chi connectivity index (χ0v) is 30.1. The topological polar surface area (TPSA) is 183 Å². The maximum absolute atomic E-state index is 15.3. The molecule has 5 heterocycles. The summed E-state index contributed by atoms with van der Waals surface area (Å²) in [5.74, 6) is -3.10. The minimum Gasteiger partial charge on any atom is -0.458 e. The van der Waals surface area contributed by atoms with Crippen LogP contribution in [0.5, 0.6) is 0 Å². The highest BCUT2D eigenvalue weighted by Gasteiger charge is 2.46. The van der Waals surface area contributed by atoms with Crippen LogP contribution in [0, 0.1) is 18.2 Å². The maximum Gasteiger partial charge on any atom is 0.408 e. The van der Waals surface area contributed by atoms with E-state index in [4.69, 9.17) is 19.3 Å². The van der Waals surface area contributed by atoms with Gasteiger partial charge in [0, 0.05) is 35.4 Å². The van der Waals surface area contributed by atoms with E-state index in [1.165, 1.54) is 10.6 Å². The first-order valence-corrected chi connectivity index (χ1v) is 18.3. The Bertz CT molecular complexity index is 2280. The number of aryl methyl sites for hydroxylation is 1. The number of imide groups is 1. The zero-order valence-electron chi connectivity index (χ0n) is 30.1. The Morgan fingerprint density at radius 3 is 2.57 bits per heavy atom. The van der Waals surface area contributed by atoms with Crippen molar-refractivity contribution in [3.05, 3.63) is 73.8 Å². The Morgan fingerprint density at radius 2 is 1.83 bits per heavy atom. The summed E-state index contributed by atoms with van der Waals surface area (Å²) in [5, 5.41) is 15.6. The molecule has 3 aromatic rings. The lowest BCUT2D eigenvalue weighted by Gasteiger charge is -2.31. The molecule has 8 rings (SSSR count). The van der Waals surface area contributed by atoms with Crippen LogP contribution in [-0.2, 0) is 58.7 Å². The summed E-state index contributed by atoms with van der Waals surface area (Å²) in [6.07, 6.45) is 4.32. The van der Waals surface area contributed by atoms with E-state index in [9.17, 15) is 33.9 Å². The monoisotopic (exact) mass is 742 g/mol. The number of fused-ring (bicyclic) bond motifs is 5. The Hall–Kier alpha value is -5.44. The van der Waals surface area contributed by atoms with Gasteiger partial charge in [-0.2, -0.15) is 0 Å². The standard InChI is InChI=1S/C39H39FN4O10/c1-4-39(51)24-15-28-33-22(17-43(28)34(47)23(24)18-52-36(39)49)32-26(9-8-21-19(2)25(40)16-27(41-33)31(21)32)42-37(50)53-20-7-5-6-13-38(3,14-12-20)35(48)54-44-29(45)10-11-30(44)46/h5,7,15-16,20,26,51H,4,6,8-14,17-18H2,1-3H3,(H,42,50)/b7-5+/t20-,26-,38+,39-/m0/s1. The number of ether oxygens (including phenoxy) is 2. The van der Waals surface area contributed by atoms with Gasteiger partial charge >= 0.3 is 18.0 Å². The van der Waals surface area contributed by atoms with Gasteiger partial charge in [-0.05, 0) is 87.6 Å². The highest BCUT2D eigenvalue weighted by molar-refractivity contribution is 6.02. The molecule has 1 saturated heterocycles. The number of carbonyl (C=O) groups is 5. The highest BCUT2D eigenvalue weighted by Crippen LogP contribution is 2.46. The molecule has 0 saturated carbocycles. The van der Waals surface area contributed by atoms with E-state index >= 15 is 4.39 Å². The van der Waals surface area contributed by atoms with Crippen molar-refractivity contribution in [2.75, 3.05) is 0 Å². The number of hydroxylamine groups is 2. The molecule has 2 aromatic heterocycles. The normalized spacial score (nSPS) is 26.3. The molecule has 54 heavy (non-hydrogen) atoms. The number of allylic oxidation sites excluding steroid dienone is 1. The molecule has 15 heteroatoms. The summed E-state index contributed by atoms with van der Waals surface area (Å²) in [5.41, 5.74) is 0.485. The van der Waals surface area contributed by atoms with Crippen molar-refractivity contribution in [3.8, 4) is 11.4 Å². The molecule has 0 bridgehead atoms. The van der Waals surface area contributed by atoms with Crippen molar-refractivity contribution in [3.63, 3.8) is 0 Å². The molecule has 1 aromatic carbocycles. The largest absolute Gasteiger partial charge is 0.458 e. The average molecular weight is 743 g/mol. The van der Waals surface area contributed by atoms with Gasteiger partial charge in [-0.3, -0.25) is 14.4 Å². The van der Waals surface area contributed by atoms with Crippen LogP contribution in [0.4, 0.5) is 9.18 Å². The van der Waals surface area contributed by atoms with Crippen LogP contribution in [0.1, 0.15) is 105 Å². The van der Waals surface area contributed by atoms with Crippen molar-refractivity contribution in [1.29, 1.82) is 0 Å². The predicted molar refractivity (Wildman–Crippen MR) is 187 cm³/mol. The molecule has 5 aliphatic rings. The lowest BCUT2D eigenvalue weighted by molar-refractivity contribution is -0.205. The Balaban J connectivity index is 1.09. The van der Waals surface area contributed by atoms with Crippen LogP contribution in [-0.4, -0.2) is 55.7 Å². The van der Waals surface area contributed by atoms with Gasteiger partial charge in [0.05, 0.1) is 40.5 Å². The molecule has 282 valence electrons. The number of hydrogen-bond donors (Lipinski definition) is 2. The molecule has 14 nitrogen and oxygen atoms in total. The second-order valence-corrected chi connectivity index (χ2v) is 15.0. The van der Waals surface area contributed by atoms with Crippen LogP contribution < -0.4 is 10.9 Å². The highest BCUT2D eigenvalue weighted by atomic mass is 19.1. The number of amides is 3. The Morgan fingerprint density at radius 1 is 1.07 bits per heavy atom. The lowest BCUT2D eigenvalue weighted by atomic mass is 9.79. The van der Waals surface area contributed by atoms with Crippen molar-refractivity contribution < 1.29 is 47.8 Å². The van der Waals surface area contributed by atoms with Gasteiger partial charge in [0.25, 0.3) is 17.4 Å². The molecule has 3 amide bonds. The number of carbonyl (C=O) groups excluding carboxylic acids is 5. The van der Waals surface area contributed by atoms with Gasteiger partial charge in [0.15, 0.2) is 5.60 Å². The number of pyridine rings is 2. The number of hydrogen-bond acceptors (Lipinski definition) is 11. The minimum atomic E-state index is -2.02. The zero-order chi connectivity index (χ0) is 38.3. The van der Waals surface area contributed by atoms with Gasteiger partial charge in [-0.25, -0.2) is 23.8 Å². The third-order valence-corrected chi connectivity index (χ3v) is 11.8. The van der Waals surface area contributed by atoms with Crippen LogP contribution in [0.3, 0.4) is 0 Å². The van der Waals surface area contributed by atoms with E-state index in [1.54, 1.807) is 32.9 Å². The van der Waals surface area contributed by atoms with Crippen LogP contribution in [0.25, 0.3) is 22.3 Å². The fourth-order valence-corrected chi connectivity index (χ4v) is 8.50. The lowest BCUT2D eigenvalue weighted by Crippen LogP contribution is -2.44. The number of cyclic esters (lactones) is 1. The first-order chi connectivity index (χ1) is 25.7. The fraction of sp³-hybridized carbons (Fsp3) is 0.462. The molecule has 0 unspecified atom stereocenters. The summed E-state index contributed by atoms with van der Waals surface area (Å²) in [4.78, 5) is 87.7. The van der Waals surface area contributed by atoms with Crippen LogP contribution >= 0.6 is 0 Å². The van der Waals surface area contributed by atoms with Gasteiger partial charge in [-0.15, -0.1) is 5.06 Å².